The predicted molar refractivity (Wildman–Crippen MR) is 64.8 cm³/mol. The molecule has 4 nitrogen and oxygen atoms in total. The van der Waals surface area contributed by atoms with Crippen LogP contribution in [0.15, 0.2) is 5.16 Å². The second-order valence-corrected chi connectivity index (χ2v) is 6.19. The monoisotopic (exact) mass is 239 g/mol. The van der Waals surface area contributed by atoms with Gasteiger partial charge in [-0.2, -0.15) is 0 Å². The molecule has 2 aliphatic carbocycles. The minimum atomic E-state index is -1.02. The Bertz CT molecular complexity index is 375. The van der Waals surface area contributed by atoms with E-state index in [4.69, 9.17) is 9.94 Å². The van der Waals surface area contributed by atoms with Gasteiger partial charge in [0.1, 0.15) is 6.10 Å². The summed E-state index contributed by atoms with van der Waals surface area (Å²) in [5.41, 5.74) is 0.416. The van der Waals surface area contributed by atoms with Crippen LogP contribution in [0.4, 0.5) is 0 Å². The van der Waals surface area contributed by atoms with Crippen molar-refractivity contribution in [3.05, 3.63) is 0 Å². The van der Waals surface area contributed by atoms with Crippen molar-refractivity contribution >= 4 is 11.7 Å². The van der Waals surface area contributed by atoms with E-state index in [2.05, 4.69) is 25.9 Å². The van der Waals surface area contributed by atoms with E-state index in [0.29, 0.717) is 5.92 Å². The highest BCUT2D eigenvalue weighted by Gasteiger charge is 2.62. The molecule has 0 aliphatic heterocycles. The van der Waals surface area contributed by atoms with Crippen molar-refractivity contribution < 1.29 is 14.7 Å². The summed E-state index contributed by atoms with van der Waals surface area (Å²) in [4.78, 5) is 16.2. The third kappa shape index (κ3) is 1.65. The molecule has 0 radical (unpaired) electrons. The molecule has 0 unspecified atom stereocenters. The smallest absolute Gasteiger partial charge is 0.353 e. The zero-order valence-electron chi connectivity index (χ0n) is 11.0. The van der Waals surface area contributed by atoms with Gasteiger partial charge in [0.05, 0.1) is 0 Å². The predicted octanol–water partition coefficient (Wildman–Crippen LogP) is 2.68. The molecule has 17 heavy (non-hydrogen) atoms. The fraction of sp³-hybridized carbons (Fsp3) is 0.846. The lowest BCUT2D eigenvalue weighted by Crippen LogP contribution is -2.36. The van der Waals surface area contributed by atoms with Gasteiger partial charge in [-0.25, -0.2) is 4.79 Å². The zero-order valence-corrected chi connectivity index (χ0v) is 11.0. The Kier molecular flexibility index (Phi) is 2.71. The largest absolute Gasteiger partial charge is 0.477 e. The summed E-state index contributed by atoms with van der Waals surface area (Å²) in [5.74, 6) is -0.338. The van der Waals surface area contributed by atoms with E-state index >= 15 is 0 Å². The van der Waals surface area contributed by atoms with Gasteiger partial charge in [-0.1, -0.05) is 25.9 Å². The lowest BCUT2D eigenvalue weighted by Gasteiger charge is -2.37. The number of fused-ring (bicyclic) bond motifs is 2. The van der Waals surface area contributed by atoms with Crippen LogP contribution in [0, 0.1) is 16.7 Å². The molecule has 0 spiro atoms. The maximum atomic E-state index is 10.7. The Labute approximate surface area is 102 Å². The number of hydrogen-bond donors (Lipinski definition) is 1. The lowest BCUT2D eigenvalue weighted by molar-refractivity contribution is -0.129. The van der Waals surface area contributed by atoms with Gasteiger partial charge >= 0.3 is 5.97 Å². The molecule has 0 amide bonds. The molecule has 0 aromatic carbocycles. The van der Waals surface area contributed by atoms with Gasteiger partial charge in [-0.05, 0) is 37.5 Å². The minimum Gasteiger partial charge on any atom is -0.477 e. The topological polar surface area (TPSA) is 58.9 Å². The molecular weight excluding hydrogens is 218 g/mol. The third-order valence-electron chi connectivity index (χ3n) is 5.34. The maximum Gasteiger partial charge on any atom is 0.353 e. The van der Waals surface area contributed by atoms with Crippen LogP contribution in [-0.4, -0.2) is 22.9 Å². The van der Waals surface area contributed by atoms with Gasteiger partial charge in [-0.3, -0.25) is 0 Å². The first-order chi connectivity index (χ1) is 7.79. The highest BCUT2D eigenvalue weighted by molar-refractivity contribution is 6.34. The highest BCUT2D eigenvalue weighted by atomic mass is 16.6. The van der Waals surface area contributed by atoms with Crippen LogP contribution >= 0.6 is 0 Å². The summed E-state index contributed by atoms with van der Waals surface area (Å²) in [5, 5.41) is 12.5. The fourth-order valence-corrected chi connectivity index (χ4v) is 3.47. The highest BCUT2D eigenvalue weighted by Crippen LogP contribution is 2.66. The molecule has 1 N–H and O–H groups in total. The van der Waals surface area contributed by atoms with E-state index in [1.165, 1.54) is 13.3 Å². The quantitative estimate of drug-likeness (QED) is 0.608. The minimum absolute atomic E-state index is 0.0224. The number of carboxylic acids is 1. The van der Waals surface area contributed by atoms with Crippen LogP contribution in [0.2, 0.25) is 0 Å². The molecule has 3 atom stereocenters. The summed E-state index contributed by atoms with van der Waals surface area (Å²) in [6.07, 6.45) is 3.47. The molecule has 2 saturated carbocycles. The molecule has 2 bridgehead atoms. The standard InChI is InChI=1S/C13H21NO3/c1-8(11(15)16)14-17-10-7-9-5-6-13(10,4)12(9,2)3/h9-10H,5-7H2,1-4H3,(H,15,16)/b14-8+/t9-,10+,13+/m0/s1. The molecule has 2 aliphatic rings. The number of nitrogens with zero attached hydrogens (tertiary/aromatic N) is 1. The van der Waals surface area contributed by atoms with Gasteiger partial charge < -0.3 is 9.94 Å². The summed E-state index contributed by atoms with van der Waals surface area (Å²) in [6, 6.07) is 0. The third-order valence-corrected chi connectivity index (χ3v) is 5.34. The van der Waals surface area contributed by atoms with E-state index in [-0.39, 0.29) is 22.6 Å². The molecule has 4 heteroatoms. The van der Waals surface area contributed by atoms with Gasteiger partial charge in [0.25, 0.3) is 0 Å². The summed E-state index contributed by atoms with van der Waals surface area (Å²) in [7, 11) is 0. The first-order valence-electron chi connectivity index (χ1n) is 6.23. The van der Waals surface area contributed by atoms with Crippen LogP contribution < -0.4 is 0 Å². The summed E-state index contributed by atoms with van der Waals surface area (Å²) >= 11 is 0. The van der Waals surface area contributed by atoms with Crippen LogP contribution in [0.25, 0.3) is 0 Å². The van der Waals surface area contributed by atoms with Crippen LogP contribution in [-0.2, 0) is 9.63 Å². The van der Waals surface area contributed by atoms with E-state index in [1.807, 2.05) is 0 Å². The normalized spacial score (nSPS) is 39.4. The molecular formula is C13H21NO3. The first kappa shape index (κ1) is 12.4. The van der Waals surface area contributed by atoms with Crippen molar-refractivity contribution in [2.75, 3.05) is 0 Å². The van der Waals surface area contributed by atoms with E-state index < -0.39 is 5.97 Å². The average molecular weight is 239 g/mol. The van der Waals surface area contributed by atoms with Gasteiger partial charge in [0, 0.05) is 5.41 Å². The Balaban J connectivity index is 2.11. The number of hydrogen-bond acceptors (Lipinski definition) is 3. The van der Waals surface area contributed by atoms with Crippen molar-refractivity contribution in [1.82, 2.24) is 0 Å². The Morgan fingerprint density at radius 3 is 2.47 bits per heavy atom. The first-order valence-corrected chi connectivity index (χ1v) is 6.23. The number of carboxylic acid groups (broad SMARTS) is 1. The van der Waals surface area contributed by atoms with Crippen LogP contribution in [0.5, 0.6) is 0 Å². The second kappa shape index (κ2) is 3.72. The molecule has 0 aromatic rings. The van der Waals surface area contributed by atoms with Crippen molar-refractivity contribution in [2.45, 2.75) is 53.1 Å². The van der Waals surface area contributed by atoms with Crippen molar-refractivity contribution in [2.24, 2.45) is 21.9 Å². The zero-order chi connectivity index (χ0) is 12.8. The Morgan fingerprint density at radius 1 is 1.41 bits per heavy atom. The van der Waals surface area contributed by atoms with Crippen molar-refractivity contribution in [3.63, 3.8) is 0 Å². The maximum absolute atomic E-state index is 10.7. The molecule has 0 saturated heterocycles. The number of aliphatic carboxylic acids is 1. The fourth-order valence-electron chi connectivity index (χ4n) is 3.47. The van der Waals surface area contributed by atoms with Crippen LogP contribution in [0.1, 0.15) is 47.0 Å². The second-order valence-electron chi connectivity index (χ2n) is 6.19. The Morgan fingerprint density at radius 2 is 2.06 bits per heavy atom. The number of rotatable bonds is 3. The van der Waals surface area contributed by atoms with E-state index in [9.17, 15) is 4.79 Å². The van der Waals surface area contributed by atoms with Gasteiger partial charge in [-0.15, -0.1) is 0 Å². The lowest BCUT2D eigenvalue weighted by atomic mass is 9.70. The van der Waals surface area contributed by atoms with Crippen molar-refractivity contribution in [1.29, 1.82) is 0 Å². The number of oxime groups is 1. The molecule has 2 rings (SSSR count). The average Bonchev–Trinajstić information content (AvgIpc) is 2.57. The Hall–Kier alpha value is -1.06. The summed E-state index contributed by atoms with van der Waals surface area (Å²) in [6.45, 7) is 8.29. The SMILES string of the molecule is C/C(=N\O[C@@H]1C[C@@H]2CC[C@@]1(C)C2(C)C)C(=O)O. The van der Waals surface area contributed by atoms with E-state index in [1.54, 1.807) is 0 Å². The summed E-state index contributed by atoms with van der Waals surface area (Å²) < 4.78 is 0. The molecule has 2 fully saturated rings. The van der Waals surface area contributed by atoms with Gasteiger partial charge in [0.15, 0.2) is 5.71 Å². The van der Waals surface area contributed by atoms with Gasteiger partial charge in [0.2, 0.25) is 0 Å². The van der Waals surface area contributed by atoms with E-state index in [0.717, 1.165) is 12.8 Å². The number of carbonyl (C=O) groups is 1. The molecule has 0 aromatic heterocycles. The van der Waals surface area contributed by atoms with Crippen LogP contribution in [0.3, 0.4) is 0 Å². The molecule has 96 valence electrons. The molecule has 0 heterocycles. The van der Waals surface area contributed by atoms with Crippen molar-refractivity contribution in [3.8, 4) is 0 Å².